The lowest BCUT2D eigenvalue weighted by Gasteiger charge is -2.45. The number of nitrogens with zero attached hydrogens (tertiary/aromatic N) is 2. The van der Waals surface area contributed by atoms with E-state index >= 15 is 0 Å². The average molecular weight is 455 g/mol. The van der Waals surface area contributed by atoms with Crippen molar-refractivity contribution in [2.45, 2.75) is 49.9 Å². The van der Waals surface area contributed by atoms with E-state index in [0.29, 0.717) is 18.6 Å². The van der Waals surface area contributed by atoms with E-state index in [4.69, 9.17) is 21.1 Å². The summed E-state index contributed by atoms with van der Waals surface area (Å²) in [5.41, 5.74) is 3.10. The standard InChI is InChI=1S/C27H35ClN2O2/c28-24-9-4-8-23(19-24)27(10-5-11-27)12-13-29-14-16-30(17-15-29)26-21-31-25(20-32-26)18-22-6-2-1-3-7-22/h1-4,6-9,19,25-26H,5,10-18,20-21H2. The second-order valence-electron chi connectivity index (χ2n) is 9.70. The molecular formula is C27H35ClN2O2. The molecule has 2 unspecified atom stereocenters. The zero-order chi connectivity index (χ0) is 21.8. The minimum absolute atomic E-state index is 0.105. The van der Waals surface area contributed by atoms with Crippen molar-refractivity contribution >= 4 is 11.6 Å². The van der Waals surface area contributed by atoms with E-state index < -0.39 is 0 Å². The van der Waals surface area contributed by atoms with Gasteiger partial charge < -0.3 is 14.4 Å². The van der Waals surface area contributed by atoms with Gasteiger partial charge in [0.15, 0.2) is 0 Å². The van der Waals surface area contributed by atoms with Gasteiger partial charge in [0.1, 0.15) is 6.23 Å². The molecule has 0 bridgehead atoms. The van der Waals surface area contributed by atoms with Crippen LogP contribution in [0.3, 0.4) is 0 Å². The summed E-state index contributed by atoms with van der Waals surface area (Å²) in [5.74, 6) is 0. The van der Waals surface area contributed by atoms with Gasteiger partial charge in [-0.1, -0.05) is 60.5 Å². The number of halogens is 1. The second kappa shape index (κ2) is 10.2. The van der Waals surface area contributed by atoms with E-state index in [9.17, 15) is 0 Å². The summed E-state index contributed by atoms with van der Waals surface area (Å²) in [5, 5.41) is 0.864. The maximum absolute atomic E-state index is 6.28. The Bertz CT molecular complexity index is 857. The first kappa shape index (κ1) is 22.4. The number of rotatable bonds is 7. The third-order valence-electron chi connectivity index (χ3n) is 7.72. The summed E-state index contributed by atoms with van der Waals surface area (Å²) in [4.78, 5) is 5.09. The summed E-state index contributed by atoms with van der Waals surface area (Å²) in [6, 6.07) is 19.1. The first-order valence-corrected chi connectivity index (χ1v) is 12.6. The molecule has 2 heterocycles. The molecule has 3 aliphatic rings. The van der Waals surface area contributed by atoms with Gasteiger partial charge in [-0.05, 0) is 54.5 Å². The molecule has 4 nitrogen and oxygen atoms in total. The van der Waals surface area contributed by atoms with Gasteiger partial charge in [-0.3, -0.25) is 4.90 Å². The molecular weight excluding hydrogens is 420 g/mol. The first-order chi connectivity index (χ1) is 15.7. The van der Waals surface area contributed by atoms with Crippen molar-refractivity contribution in [1.82, 2.24) is 9.80 Å². The van der Waals surface area contributed by atoms with E-state index in [1.165, 1.54) is 43.4 Å². The van der Waals surface area contributed by atoms with Crippen molar-refractivity contribution < 1.29 is 9.47 Å². The van der Waals surface area contributed by atoms with Crippen LogP contribution in [0.1, 0.15) is 36.8 Å². The molecule has 1 aliphatic carbocycles. The van der Waals surface area contributed by atoms with Crippen molar-refractivity contribution in [3.8, 4) is 0 Å². The zero-order valence-electron chi connectivity index (χ0n) is 18.9. The summed E-state index contributed by atoms with van der Waals surface area (Å²) < 4.78 is 12.4. The Labute approximate surface area is 197 Å². The second-order valence-corrected chi connectivity index (χ2v) is 10.1. The number of ether oxygens (including phenoxy) is 2. The fourth-order valence-corrected chi connectivity index (χ4v) is 5.68. The van der Waals surface area contributed by atoms with Crippen molar-refractivity contribution in [3.63, 3.8) is 0 Å². The Kier molecular flexibility index (Phi) is 7.15. The molecule has 2 aliphatic heterocycles. The van der Waals surface area contributed by atoms with Crippen molar-refractivity contribution in [2.24, 2.45) is 0 Å². The van der Waals surface area contributed by atoms with Gasteiger partial charge in [0, 0.05) is 37.6 Å². The summed E-state index contributed by atoms with van der Waals surface area (Å²) in [6.07, 6.45) is 6.36. The Morgan fingerprint density at radius 1 is 0.906 bits per heavy atom. The average Bonchev–Trinajstić information content (AvgIpc) is 2.80. The largest absolute Gasteiger partial charge is 0.371 e. The van der Waals surface area contributed by atoms with E-state index in [0.717, 1.165) is 37.6 Å². The quantitative estimate of drug-likeness (QED) is 0.602. The van der Waals surface area contributed by atoms with Crippen LogP contribution in [0.25, 0.3) is 0 Å². The molecule has 172 valence electrons. The highest BCUT2D eigenvalue weighted by Gasteiger charge is 2.39. The molecule has 2 aromatic carbocycles. The Hall–Kier alpha value is -1.43. The lowest BCUT2D eigenvalue weighted by Crippen LogP contribution is -2.55. The van der Waals surface area contributed by atoms with E-state index in [-0.39, 0.29) is 12.3 Å². The van der Waals surface area contributed by atoms with Crippen LogP contribution >= 0.6 is 11.6 Å². The van der Waals surface area contributed by atoms with Gasteiger partial charge in [0.05, 0.1) is 19.3 Å². The van der Waals surface area contributed by atoms with Crippen LogP contribution in [0.5, 0.6) is 0 Å². The van der Waals surface area contributed by atoms with Gasteiger partial charge in [-0.2, -0.15) is 0 Å². The first-order valence-electron chi connectivity index (χ1n) is 12.2. The fourth-order valence-electron chi connectivity index (χ4n) is 5.49. The highest BCUT2D eigenvalue weighted by atomic mass is 35.5. The molecule has 0 radical (unpaired) electrons. The van der Waals surface area contributed by atoms with Crippen LogP contribution in [0, 0.1) is 0 Å². The molecule has 0 aromatic heterocycles. The summed E-state index contributed by atoms with van der Waals surface area (Å²) >= 11 is 6.28. The molecule has 1 saturated carbocycles. The number of hydrogen-bond donors (Lipinski definition) is 0. The van der Waals surface area contributed by atoms with Gasteiger partial charge in [0.25, 0.3) is 0 Å². The lowest BCUT2D eigenvalue weighted by molar-refractivity contribution is -0.190. The molecule has 5 rings (SSSR count). The summed E-state index contributed by atoms with van der Waals surface area (Å²) in [7, 11) is 0. The molecule has 0 spiro atoms. The molecule has 0 amide bonds. The minimum Gasteiger partial charge on any atom is -0.371 e. The molecule has 5 heteroatoms. The molecule has 2 atom stereocenters. The van der Waals surface area contributed by atoms with Crippen molar-refractivity contribution in [2.75, 3.05) is 45.9 Å². The van der Waals surface area contributed by atoms with Crippen LogP contribution in [-0.4, -0.2) is 68.1 Å². The topological polar surface area (TPSA) is 24.9 Å². The van der Waals surface area contributed by atoms with Crippen LogP contribution in [-0.2, 0) is 21.3 Å². The zero-order valence-corrected chi connectivity index (χ0v) is 19.7. The number of hydrogen-bond acceptors (Lipinski definition) is 4. The van der Waals surface area contributed by atoms with Crippen LogP contribution in [0.2, 0.25) is 5.02 Å². The highest BCUT2D eigenvalue weighted by molar-refractivity contribution is 6.30. The Morgan fingerprint density at radius 3 is 2.38 bits per heavy atom. The third-order valence-corrected chi connectivity index (χ3v) is 7.96. The van der Waals surface area contributed by atoms with Crippen LogP contribution in [0.15, 0.2) is 54.6 Å². The number of piperazine rings is 1. The molecule has 3 fully saturated rings. The molecule has 2 aromatic rings. The van der Waals surface area contributed by atoms with Gasteiger partial charge in [-0.15, -0.1) is 0 Å². The predicted octanol–water partition coefficient (Wildman–Crippen LogP) is 4.75. The summed E-state index contributed by atoms with van der Waals surface area (Å²) in [6.45, 7) is 6.86. The smallest absolute Gasteiger partial charge is 0.134 e. The monoisotopic (exact) mass is 454 g/mol. The van der Waals surface area contributed by atoms with Gasteiger partial charge in [0.2, 0.25) is 0 Å². The maximum Gasteiger partial charge on any atom is 0.134 e. The minimum atomic E-state index is 0.105. The van der Waals surface area contributed by atoms with Gasteiger partial charge in [-0.25, -0.2) is 0 Å². The molecule has 32 heavy (non-hydrogen) atoms. The van der Waals surface area contributed by atoms with Crippen molar-refractivity contribution in [1.29, 1.82) is 0 Å². The highest BCUT2D eigenvalue weighted by Crippen LogP contribution is 2.47. The third kappa shape index (κ3) is 5.21. The number of benzene rings is 2. The Balaban J connectivity index is 1.05. The Morgan fingerprint density at radius 2 is 1.72 bits per heavy atom. The maximum atomic E-state index is 6.28. The lowest BCUT2D eigenvalue weighted by atomic mass is 9.62. The molecule has 0 N–H and O–H groups in total. The van der Waals surface area contributed by atoms with Crippen LogP contribution < -0.4 is 0 Å². The predicted molar refractivity (Wildman–Crippen MR) is 129 cm³/mol. The van der Waals surface area contributed by atoms with E-state index in [1.807, 2.05) is 6.07 Å². The van der Waals surface area contributed by atoms with Crippen molar-refractivity contribution in [3.05, 3.63) is 70.7 Å². The normalized spacial score (nSPS) is 26.5. The van der Waals surface area contributed by atoms with E-state index in [2.05, 4.69) is 58.3 Å². The molecule has 2 saturated heterocycles. The van der Waals surface area contributed by atoms with E-state index in [1.54, 1.807) is 0 Å². The van der Waals surface area contributed by atoms with Crippen LogP contribution in [0.4, 0.5) is 0 Å². The SMILES string of the molecule is Clc1cccc(C2(CCN3CCN(C4COC(Cc5ccccc5)CO4)CC3)CCC2)c1. The fraction of sp³-hybridized carbons (Fsp3) is 0.556. The van der Waals surface area contributed by atoms with Gasteiger partial charge >= 0.3 is 0 Å².